The van der Waals surface area contributed by atoms with Crippen LogP contribution in [-0.2, 0) is 4.79 Å². The fourth-order valence-corrected chi connectivity index (χ4v) is 2.50. The van der Waals surface area contributed by atoms with Gasteiger partial charge in [0.2, 0.25) is 0 Å². The number of rotatable bonds is 2. The Morgan fingerprint density at radius 1 is 1.45 bits per heavy atom. The molecule has 3 atom stereocenters. The van der Waals surface area contributed by atoms with Crippen molar-refractivity contribution in [3.8, 4) is 0 Å². The van der Waals surface area contributed by atoms with Crippen LogP contribution in [0.5, 0.6) is 0 Å². The Morgan fingerprint density at radius 2 is 2.27 bits per heavy atom. The van der Waals surface area contributed by atoms with Crippen LogP contribution >= 0.6 is 0 Å². The van der Waals surface area contributed by atoms with Gasteiger partial charge in [-0.3, -0.25) is 0 Å². The van der Waals surface area contributed by atoms with Crippen LogP contribution < -0.4 is 0 Å². The van der Waals surface area contributed by atoms with Crippen molar-refractivity contribution in [3.05, 3.63) is 12.2 Å². The van der Waals surface area contributed by atoms with Crippen LogP contribution in [0.4, 0.5) is 0 Å². The molecule has 1 heteroatoms. The van der Waals surface area contributed by atoms with Crippen molar-refractivity contribution < 1.29 is 4.79 Å². The third kappa shape index (κ3) is 1.24. The minimum Gasteiger partial charge on any atom is -0.300 e. The highest BCUT2D eigenvalue weighted by Gasteiger charge is 2.35. The van der Waals surface area contributed by atoms with Crippen LogP contribution in [0.25, 0.3) is 0 Å². The number of allylic oxidation sites excluding steroid dienone is 2. The Kier molecular flexibility index (Phi) is 1.59. The highest BCUT2D eigenvalue weighted by atomic mass is 16.1. The van der Waals surface area contributed by atoms with Gasteiger partial charge >= 0.3 is 0 Å². The molecule has 1 fully saturated rings. The van der Waals surface area contributed by atoms with Crippen LogP contribution in [0.2, 0.25) is 0 Å². The average molecular weight is 150 g/mol. The highest BCUT2D eigenvalue weighted by molar-refractivity contribution is 5.75. The number of ketones is 1. The number of hydrogen-bond donors (Lipinski definition) is 0. The molecule has 0 aromatic rings. The molecule has 60 valence electrons. The fraction of sp³-hybridized carbons (Fsp3) is 0.700. The lowest BCUT2D eigenvalue weighted by molar-refractivity contribution is -0.118. The van der Waals surface area contributed by atoms with Gasteiger partial charge < -0.3 is 4.79 Å². The van der Waals surface area contributed by atoms with E-state index in [4.69, 9.17) is 0 Å². The maximum Gasteiger partial charge on any atom is 0.130 e. The lowest BCUT2D eigenvalue weighted by Crippen LogP contribution is -2.10. The number of hydrogen-bond acceptors (Lipinski definition) is 1. The zero-order valence-electron chi connectivity index (χ0n) is 6.92. The molecule has 0 saturated heterocycles. The molecule has 0 radical (unpaired) electrons. The number of fused-ring (bicyclic) bond motifs is 2. The molecule has 1 nitrogen and oxygen atoms in total. The fourth-order valence-electron chi connectivity index (χ4n) is 2.50. The number of carbonyl (C=O) groups is 1. The summed E-state index contributed by atoms with van der Waals surface area (Å²) in [7, 11) is 0. The van der Waals surface area contributed by atoms with Crippen molar-refractivity contribution in [2.45, 2.75) is 26.2 Å². The van der Waals surface area contributed by atoms with Crippen LogP contribution in [-0.4, -0.2) is 5.78 Å². The molecular formula is C10H14O. The van der Waals surface area contributed by atoms with Crippen LogP contribution in [0.15, 0.2) is 12.2 Å². The third-order valence-corrected chi connectivity index (χ3v) is 2.97. The molecule has 0 spiro atoms. The van der Waals surface area contributed by atoms with E-state index < -0.39 is 0 Å². The predicted molar refractivity (Wildman–Crippen MR) is 44.1 cm³/mol. The molecule has 11 heavy (non-hydrogen) atoms. The SMILES string of the molecule is CC(=O)CC1CC2C=CC1C2. The standard InChI is InChI=1S/C10H14O/c1-7(11)4-10-6-8-2-3-9(10)5-8/h2-3,8-10H,4-6H2,1H3. The molecule has 2 aliphatic rings. The zero-order valence-corrected chi connectivity index (χ0v) is 6.92. The summed E-state index contributed by atoms with van der Waals surface area (Å²) < 4.78 is 0. The maximum absolute atomic E-state index is 10.9. The van der Waals surface area contributed by atoms with E-state index >= 15 is 0 Å². The quantitative estimate of drug-likeness (QED) is 0.551. The Bertz CT molecular complexity index is 205. The molecule has 0 heterocycles. The molecule has 0 aliphatic heterocycles. The summed E-state index contributed by atoms with van der Waals surface area (Å²) in [5.41, 5.74) is 0. The van der Waals surface area contributed by atoms with Crippen LogP contribution in [0, 0.1) is 17.8 Å². The lowest BCUT2D eigenvalue weighted by Gasteiger charge is -2.15. The number of carbonyl (C=O) groups excluding carboxylic acids is 1. The maximum atomic E-state index is 10.9. The second-order valence-electron chi connectivity index (χ2n) is 3.95. The van der Waals surface area contributed by atoms with Crippen LogP contribution in [0.1, 0.15) is 26.2 Å². The smallest absolute Gasteiger partial charge is 0.130 e. The van der Waals surface area contributed by atoms with Crippen molar-refractivity contribution in [1.82, 2.24) is 0 Å². The summed E-state index contributed by atoms with van der Waals surface area (Å²) in [5, 5.41) is 0. The first-order chi connectivity index (χ1) is 5.25. The van der Waals surface area contributed by atoms with Gasteiger partial charge in [0.05, 0.1) is 0 Å². The van der Waals surface area contributed by atoms with Gasteiger partial charge in [0.1, 0.15) is 5.78 Å². The second kappa shape index (κ2) is 2.47. The van der Waals surface area contributed by atoms with E-state index in [0.717, 1.165) is 18.3 Å². The Morgan fingerprint density at radius 3 is 2.73 bits per heavy atom. The Balaban J connectivity index is 1.98. The molecule has 2 aliphatic carbocycles. The van der Waals surface area contributed by atoms with Crippen molar-refractivity contribution in [3.63, 3.8) is 0 Å². The highest BCUT2D eigenvalue weighted by Crippen LogP contribution is 2.44. The van der Waals surface area contributed by atoms with E-state index in [9.17, 15) is 4.79 Å². The first kappa shape index (κ1) is 7.08. The van der Waals surface area contributed by atoms with Gasteiger partial charge in [0.25, 0.3) is 0 Å². The lowest BCUT2D eigenvalue weighted by atomic mass is 9.89. The molecule has 3 unspecified atom stereocenters. The summed E-state index contributed by atoms with van der Waals surface area (Å²) in [6, 6.07) is 0. The summed E-state index contributed by atoms with van der Waals surface area (Å²) in [6.45, 7) is 1.70. The van der Waals surface area contributed by atoms with Gasteiger partial charge in [-0.1, -0.05) is 12.2 Å². The van der Waals surface area contributed by atoms with Crippen LogP contribution in [0.3, 0.4) is 0 Å². The van der Waals surface area contributed by atoms with Gasteiger partial charge in [-0.2, -0.15) is 0 Å². The molecule has 0 amide bonds. The average Bonchev–Trinajstić information content (AvgIpc) is 2.45. The van der Waals surface area contributed by atoms with E-state index in [2.05, 4.69) is 12.2 Å². The molecule has 2 bridgehead atoms. The Hall–Kier alpha value is -0.590. The van der Waals surface area contributed by atoms with Gasteiger partial charge in [-0.05, 0) is 37.5 Å². The molecule has 0 aromatic carbocycles. The summed E-state index contributed by atoms with van der Waals surface area (Å²) in [6.07, 6.45) is 8.02. The normalized spacial score (nSPS) is 39.9. The summed E-state index contributed by atoms with van der Waals surface area (Å²) in [5.74, 6) is 2.59. The molecule has 2 rings (SSSR count). The predicted octanol–water partition coefficient (Wildman–Crippen LogP) is 2.18. The van der Waals surface area contributed by atoms with Crippen molar-refractivity contribution in [2.75, 3.05) is 0 Å². The summed E-state index contributed by atoms with van der Waals surface area (Å²) in [4.78, 5) is 10.9. The molecule has 0 aromatic heterocycles. The monoisotopic (exact) mass is 150 g/mol. The van der Waals surface area contributed by atoms with E-state index in [-0.39, 0.29) is 0 Å². The van der Waals surface area contributed by atoms with Crippen molar-refractivity contribution >= 4 is 5.78 Å². The van der Waals surface area contributed by atoms with Crippen molar-refractivity contribution in [1.29, 1.82) is 0 Å². The van der Waals surface area contributed by atoms with E-state index in [1.807, 2.05) is 0 Å². The third-order valence-electron chi connectivity index (χ3n) is 2.97. The largest absolute Gasteiger partial charge is 0.300 e. The molecular weight excluding hydrogens is 136 g/mol. The topological polar surface area (TPSA) is 17.1 Å². The first-order valence-corrected chi connectivity index (χ1v) is 4.43. The van der Waals surface area contributed by atoms with Gasteiger partial charge in [-0.25, -0.2) is 0 Å². The van der Waals surface area contributed by atoms with E-state index in [1.165, 1.54) is 12.8 Å². The minimum atomic E-state index is 0.357. The number of Topliss-reactive ketones (excluding diaryl/α,β-unsaturated/α-hetero) is 1. The van der Waals surface area contributed by atoms with Gasteiger partial charge in [0, 0.05) is 6.42 Å². The van der Waals surface area contributed by atoms with E-state index in [0.29, 0.717) is 11.7 Å². The molecule has 1 saturated carbocycles. The summed E-state index contributed by atoms with van der Waals surface area (Å²) >= 11 is 0. The van der Waals surface area contributed by atoms with Gasteiger partial charge in [-0.15, -0.1) is 0 Å². The van der Waals surface area contributed by atoms with Gasteiger partial charge in [0.15, 0.2) is 0 Å². The zero-order chi connectivity index (χ0) is 7.84. The van der Waals surface area contributed by atoms with E-state index in [1.54, 1.807) is 6.92 Å². The first-order valence-electron chi connectivity index (χ1n) is 4.43. The molecule has 0 N–H and O–H groups in total. The van der Waals surface area contributed by atoms with Crippen molar-refractivity contribution in [2.24, 2.45) is 17.8 Å². The Labute approximate surface area is 67.5 Å². The second-order valence-corrected chi connectivity index (χ2v) is 3.95. The minimum absolute atomic E-state index is 0.357.